The molecule has 1 aromatic heterocycles. The molecule has 66 heavy (non-hydrogen) atoms. The van der Waals surface area contributed by atoms with Crippen LogP contribution >= 0.6 is 11.6 Å². The lowest BCUT2D eigenvalue weighted by Gasteiger charge is -2.47. The summed E-state index contributed by atoms with van der Waals surface area (Å²) < 4.78 is 32.6. The summed E-state index contributed by atoms with van der Waals surface area (Å²) in [5.74, 6) is -0.334. The van der Waals surface area contributed by atoms with Crippen LogP contribution in [-0.4, -0.2) is 114 Å². The molecule has 18 heteroatoms. The Labute approximate surface area is 391 Å². The monoisotopic (exact) mass is 939 g/mol. The molecule has 8 rings (SSSR count). The molecule has 0 aliphatic carbocycles. The lowest BCUT2D eigenvalue weighted by molar-refractivity contribution is -0.136. The minimum atomic E-state index is -3.59. The number of hydrogen-bond acceptors (Lipinski definition) is 14. The minimum absolute atomic E-state index is 0.0776. The van der Waals surface area contributed by atoms with Gasteiger partial charge in [0.25, 0.3) is 11.8 Å². The molecule has 4 aliphatic rings. The van der Waals surface area contributed by atoms with Crippen molar-refractivity contribution in [1.82, 2.24) is 25.1 Å². The SMILES string of the molecule is Cc1cc(Nc2ncc(Cl)c(Nc3ccccc3S(=O)(=O)C(C)C)n2)c(OC(C)C)cc1N1CCC(CN2CC(C)N(c3ccc4c(c3)C(=O)N(C3CCC(=O)NC3=O)C4=O)C(C)C2)CC1. The van der Waals surface area contributed by atoms with Gasteiger partial charge in [-0.05, 0) is 116 Å². The highest BCUT2D eigenvalue weighted by Crippen LogP contribution is 2.39. The lowest BCUT2D eigenvalue weighted by atomic mass is 9.94. The van der Waals surface area contributed by atoms with Crippen molar-refractivity contribution >= 4 is 79.6 Å². The van der Waals surface area contributed by atoms with Gasteiger partial charge in [-0.2, -0.15) is 4.98 Å². The predicted molar refractivity (Wildman–Crippen MR) is 255 cm³/mol. The molecule has 0 bridgehead atoms. The summed E-state index contributed by atoms with van der Waals surface area (Å²) >= 11 is 6.53. The lowest BCUT2D eigenvalue weighted by Crippen LogP contribution is -2.58. The number of aromatic nitrogens is 2. The van der Waals surface area contributed by atoms with Crippen molar-refractivity contribution in [3.63, 3.8) is 0 Å². The summed E-state index contributed by atoms with van der Waals surface area (Å²) in [6, 6.07) is 15.5. The van der Waals surface area contributed by atoms with E-state index in [2.05, 4.69) is 67.5 Å². The fourth-order valence-corrected chi connectivity index (χ4v) is 11.1. The van der Waals surface area contributed by atoms with Crippen molar-refractivity contribution in [1.29, 1.82) is 0 Å². The molecule has 3 aromatic carbocycles. The first-order valence-electron chi connectivity index (χ1n) is 22.7. The first-order chi connectivity index (χ1) is 31.4. The van der Waals surface area contributed by atoms with Crippen molar-refractivity contribution in [3.8, 4) is 5.75 Å². The van der Waals surface area contributed by atoms with Gasteiger partial charge in [-0.15, -0.1) is 0 Å². The third kappa shape index (κ3) is 9.42. The van der Waals surface area contributed by atoms with Crippen LogP contribution in [0.5, 0.6) is 5.75 Å². The van der Waals surface area contributed by atoms with E-state index in [9.17, 15) is 27.6 Å². The summed E-state index contributed by atoms with van der Waals surface area (Å²) in [7, 11) is -3.59. The molecule has 3 N–H and O–H groups in total. The normalized spacial score (nSPS) is 20.9. The molecule has 4 aliphatic heterocycles. The van der Waals surface area contributed by atoms with Gasteiger partial charge < -0.3 is 25.2 Å². The van der Waals surface area contributed by atoms with Gasteiger partial charge >= 0.3 is 0 Å². The third-order valence-electron chi connectivity index (χ3n) is 12.9. The Bertz CT molecular complexity index is 2660. The van der Waals surface area contributed by atoms with Gasteiger partial charge in [0.2, 0.25) is 17.8 Å². The van der Waals surface area contributed by atoms with Crippen LogP contribution in [0.15, 0.2) is 65.7 Å². The number of rotatable bonds is 13. The van der Waals surface area contributed by atoms with Crippen LogP contribution in [0.4, 0.5) is 34.5 Å². The van der Waals surface area contributed by atoms with E-state index in [0.717, 1.165) is 67.4 Å². The fourth-order valence-electron chi connectivity index (χ4n) is 9.73. The molecule has 5 heterocycles. The number of carbonyl (C=O) groups excluding carboxylic acids is 4. The van der Waals surface area contributed by atoms with Crippen molar-refractivity contribution in [3.05, 3.63) is 82.5 Å². The van der Waals surface area contributed by atoms with Crippen molar-refractivity contribution in [2.24, 2.45) is 5.92 Å². The fraction of sp³-hybridized carbons (Fsp3) is 0.458. The van der Waals surface area contributed by atoms with Gasteiger partial charge in [0.05, 0.1) is 44.9 Å². The van der Waals surface area contributed by atoms with Crippen molar-refractivity contribution in [2.45, 2.75) is 109 Å². The van der Waals surface area contributed by atoms with Gasteiger partial charge in [0.1, 0.15) is 16.8 Å². The number of piperidine rings is 2. The number of benzene rings is 3. The van der Waals surface area contributed by atoms with Gasteiger partial charge in [-0.1, -0.05) is 23.7 Å². The van der Waals surface area contributed by atoms with Gasteiger partial charge in [-0.25, -0.2) is 13.4 Å². The molecule has 16 nitrogen and oxygen atoms in total. The zero-order chi connectivity index (χ0) is 47.2. The maximum absolute atomic E-state index is 13.6. The Kier molecular flexibility index (Phi) is 13.3. The molecule has 0 spiro atoms. The van der Waals surface area contributed by atoms with Crippen LogP contribution < -0.4 is 30.5 Å². The molecule has 3 unspecified atom stereocenters. The summed E-state index contributed by atoms with van der Waals surface area (Å²) in [6.07, 6.45) is 3.62. The maximum Gasteiger partial charge on any atom is 0.262 e. The number of fused-ring (bicyclic) bond motifs is 1. The molecule has 4 aromatic rings. The van der Waals surface area contributed by atoms with E-state index in [1.165, 1.54) is 6.20 Å². The van der Waals surface area contributed by atoms with Gasteiger partial charge in [0, 0.05) is 68.7 Å². The molecular formula is C48H58ClN9O7S. The number of ether oxygens (including phenoxy) is 1. The Morgan fingerprint density at radius 1 is 0.879 bits per heavy atom. The van der Waals surface area contributed by atoms with E-state index >= 15 is 0 Å². The zero-order valence-electron chi connectivity index (χ0n) is 38.4. The molecule has 4 amide bonds. The minimum Gasteiger partial charge on any atom is -0.489 e. The van der Waals surface area contributed by atoms with E-state index in [-0.39, 0.29) is 58.3 Å². The zero-order valence-corrected chi connectivity index (χ0v) is 40.0. The number of halogens is 1. The van der Waals surface area contributed by atoms with Crippen LogP contribution in [0, 0.1) is 12.8 Å². The van der Waals surface area contributed by atoms with Crippen LogP contribution in [0.25, 0.3) is 0 Å². The van der Waals surface area contributed by atoms with Crippen molar-refractivity contribution < 1.29 is 32.3 Å². The first kappa shape index (κ1) is 46.7. The van der Waals surface area contributed by atoms with E-state index in [1.54, 1.807) is 50.2 Å². The molecule has 3 atom stereocenters. The number of aryl methyl sites for hydroxylation is 1. The summed E-state index contributed by atoms with van der Waals surface area (Å²) in [5, 5.41) is 8.32. The maximum atomic E-state index is 13.6. The molecular weight excluding hydrogens is 882 g/mol. The number of nitrogens with zero attached hydrogens (tertiary/aromatic N) is 6. The smallest absolute Gasteiger partial charge is 0.262 e. The van der Waals surface area contributed by atoms with Crippen molar-refractivity contribution in [2.75, 3.05) is 53.2 Å². The van der Waals surface area contributed by atoms with Gasteiger partial charge in [0.15, 0.2) is 15.7 Å². The second-order valence-corrected chi connectivity index (χ2v) is 21.3. The quantitative estimate of drug-likeness (QED) is 0.115. The standard InChI is InChI=1S/C48H58ClN9O7S/c1-27(2)65-41-22-40(29(5)20-38(41)52-48-50-23-36(49)44(54-48)51-37-10-8-9-11-42(37)66(63,64)28(3)4)56-18-16-32(17-19-56)26-55-24-30(6)57(31(7)25-55)33-12-13-34-35(21-33)47(62)58(46(34)61)39-14-15-43(59)53-45(39)60/h8-13,20-23,27-28,30-32,39H,14-19,24-26H2,1-7H3,(H,53,59,60)(H2,50,51,52,54). The average molecular weight is 941 g/mol. The predicted octanol–water partition coefficient (Wildman–Crippen LogP) is 7.11. The van der Waals surface area contributed by atoms with Crippen LogP contribution in [0.2, 0.25) is 5.02 Å². The number of nitrogens with one attached hydrogen (secondary N) is 3. The van der Waals surface area contributed by atoms with E-state index < -0.39 is 44.8 Å². The van der Waals surface area contributed by atoms with Crippen LogP contribution in [0.1, 0.15) is 93.5 Å². The summed E-state index contributed by atoms with van der Waals surface area (Å²) in [5.41, 5.74) is 4.66. The number of anilines is 6. The molecule has 3 fully saturated rings. The topological polar surface area (TPSA) is 186 Å². The third-order valence-corrected chi connectivity index (χ3v) is 15.4. The second-order valence-electron chi connectivity index (χ2n) is 18.5. The highest BCUT2D eigenvalue weighted by Gasteiger charge is 2.45. The highest BCUT2D eigenvalue weighted by molar-refractivity contribution is 7.92. The largest absolute Gasteiger partial charge is 0.489 e. The number of amides is 4. The van der Waals surface area contributed by atoms with Crippen LogP contribution in [0.3, 0.4) is 0 Å². The number of carbonyl (C=O) groups is 4. The number of para-hydroxylation sites is 1. The second kappa shape index (κ2) is 18.8. The van der Waals surface area contributed by atoms with E-state index in [1.807, 2.05) is 26.0 Å². The van der Waals surface area contributed by atoms with E-state index in [0.29, 0.717) is 28.6 Å². The number of imide groups is 2. The molecule has 350 valence electrons. The Morgan fingerprint density at radius 3 is 2.26 bits per heavy atom. The average Bonchev–Trinajstić information content (AvgIpc) is 3.50. The number of sulfone groups is 1. The summed E-state index contributed by atoms with van der Waals surface area (Å²) in [6.45, 7) is 18.2. The number of piperazine rings is 1. The molecule has 0 saturated carbocycles. The summed E-state index contributed by atoms with van der Waals surface area (Å²) in [4.78, 5) is 68.7. The Balaban J connectivity index is 0.898. The first-order valence-corrected chi connectivity index (χ1v) is 24.6. The molecule has 3 saturated heterocycles. The highest BCUT2D eigenvalue weighted by atomic mass is 35.5. The Morgan fingerprint density at radius 2 is 1.58 bits per heavy atom. The number of hydrogen-bond donors (Lipinski definition) is 3. The van der Waals surface area contributed by atoms with Gasteiger partial charge in [-0.3, -0.25) is 34.3 Å². The Hall–Kier alpha value is -5.78. The van der Waals surface area contributed by atoms with E-state index in [4.69, 9.17) is 16.3 Å². The van der Waals surface area contributed by atoms with Crippen LogP contribution in [-0.2, 0) is 19.4 Å². The molecule has 0 radical (unpaired) electrons.